The number of benzene rings is 3. The molecule has 1 fully saturated rings. The van der Waals surface area contributed by atoms with Crippen molar-refractivity contribution in [3.8, 4) is 34.4 Å². The van der Waals surface area contributed by atoms with E-state index >= 15 is 0 Å². The van der Waals surface area contributed by atoms with Crippen LogP contribution in [0.3, 0.4) is 0 Å². The molecule has 14 nitrogen and oxygen atoms in total. The molecule has 0 saturated carbocycles. The van der Waals surface area contributed by atoms with Crippen molar-refractivity contribution in [3.63, 3.8) is 0 Å². The lowest BCUT2D eigenvalue weighted by molar-refractivity contribution is -0.130. The number of rotatable bonds is 7. The number of aryl methyl sites for hydroxylation is 1. The van der Waals surface area contributed by atoms with Gasteiger partial charge < -0.3 is 34.5 Å². The number of nitrogens with one attached hydrogen (secondary N) is 2. The normalized spacial score (nSPS) is 17.8. The monoisotopic (exact) mass is 659 g/mol. The highest BCUT2D eigenvalue weighted by molar-refractivity contribution is 5.95. The molecule has 3 aromatic carbocycles. The largest absolute Gasteiger partial charge is 0.497 e. The molecule has 3 aliphatic heterocycles. The molecular weight excluding hydrogens is 625 g/mol. The first-order valence-electron chi connectivity index (χ1n) is 15.3. The number of amides is 3. The van der Waals surface area contributed by atoms with Gasteiger partial charge in [0.25, 0.3) is 11.8 Å². The molecule has 3 amide bonds. The maximum absolute atomic E-state index is 13.5. The van der Waals surface area contributed by atoms with Crippen LogP contribution in [0, 0.1) is 5.82 Å². The average molecular weight is 660 g/mol. The van der Waals surface area contributed by atoms with E-state index < -0.39 is 18.1 Å². The van der Waals surface area contributed by atoms with Gasteiger partial charge in [-0.2, -0.15) is 4.80 Å². The second-order valence-corrected chi connectivity index (χ2v) is 11.3. The third-order valence-corrected chi connectivity index (χ3v) is 8.01. The summed E-state index contributed by atoms with van der Waals surface area (Å²) in [6, 6.07) is 15.2. The number of carbonyl (C=O) groups is 3. The Balaban J connectivity index is 1.17. The van der Waals surface area contributed by atoms with Crippen LogP contribution >= 0.6 is 0 Å². The van der Waals surface area contributed by atoms with Crippen molar-refractivity contribution in [1.82, 2.24) is 35.7 Å². The van der Waals surface area contributed by atoms with Gasteiger partial charge in [0.15, 0.2) is 6.61 Å². The van der Waals surface area contributed by atoms with Crippen LogP contribution in [0.15, 0.2) is 60.7 Å². The van der Waals surface area contributed by atoms with Crippen molar-refractivity contribution in [2.75, 3.05) is 33.9 Å². The molecule has 48 heavy (non-hydrogen) atoms. The molecule has 4 aromatic rings. The molecule has 3 aliphatic rings. The Hall–Kier alpha value is -5.73. The maximum atomic E-state index is 13.5. The van der Waals surface area contributed by atoms with Crippen LogP contribution in [0.1, 0.15) is 28.8 Å². The molecule has 0 radical (unpaired) electrons. The Morgan fingerprint density at radius 1 is 1.00 bits per heavy atom. The predicted molar refractivity (Wildman–Crippen MR) is 168 cm³/mol. The number of hydrogen-bond acceptors (Lipinski definition) is 10. The highest BCUT2D eigenvalue weighted by Gasteiger charge is 2.38. The van der Waals surface area contributed by atoms with Gasteiger partial charge in [-0.05, 0) is 60.2 Å². The van der Waals surface area contributed by atoms with Gasteiger partial charge in [-0.25, -0.2) is 4.39 Å². The van der Waals surface area contributed by atoms with Crippen molar-refractivity contribution < 1.29 is 37.7 Å². The first-order valence-corrected chi connectivity index (χ1v) is 15.3. The van der Waals surface area contributed by atoms with Crippen LogP contribution in [0.2, 0.25) is 0 Å². The fourth-order valence-electron chi connectivity index (χ4n) is 5.49. The van der Waals surface area contributed by atoms with Crippen molar-refractivity contribution in [1.29, 1.82) is 0 Å². The van der Waals surface area contributed by atoms with Gasteiger partial charge >= 0.3 is 0 Å². The van der Waals surface area contributed by atoms with Gasteiger partial charge in [-0.1, -0.05) is 0 Å². The number of tetrazole rings is 1. The highest BCUT2D eigenvalue weighted by Crippen LogP contribution is 2.28. The smallest absolute Gasteiger partial charge is 0.258 e. The van der Waals surface area contributed by atoms with Crippen LogP contribution in [-0.4, -0.2) is 88.9 Å². The molecule has 0 unspecified atom stereocenters. The summed E-state index contributed by atoms with van der Waals surface area (Å²) in [6.45, 7) is 0.711. The maximum Gasteiger partial charge on any atom is 0.258 e. The minimum Gasteiger partial charge on any atom is -0.497 e. The van der Waals surface area contributed by atoms with Crippen LogP contribution in [-0.2, 0) is 22.7 Å². The van der Waals surface area contributed by atoms with E-state index in [0.29, 0.717) is 41.6 Å². The number of hydrogen-bond donors (Lipinski definition) is 2. The fraction of sp³-hybridized carbons (Fsp3) is 0.333. The third kappa shape index (κ3) is 7.62. The number of halogens is 1. The Morgan fingerprint density at radius 2 is 1.83 bits per heavy atom. The molecule has 250 valence electrons. The molecule has 2 N–H and O–H groups in total. The predicted octanol–water partition coefficient (Wildman–Crippen LogP) is 2.37. The average Bonchev–Trinajstić information content (AvgIpc) is 3.73. The van der Waals surface area contributed by atoms with E-state index in [4.69, 9.17) is 18.9 Å². The number of fused-ring (bicyclic) bond motifs is 7. The van der Waals surface area contributed by atoms with E-state index in [1.807, 2.05) is 0 Å². The molecule has 15 heteroatoms. The van der Waals surface area contributed by atoms with Gasteiger partial charge in [-0.15, -0.1) is 10.2 Å². The Labute approximate surface area is 275 Å². The highest BCUT2D eigenvalue weighted by atomic mass is 19.1. The van der Waals surface area contributed by atoms with Crippen LogP contribution in [0.4, 0.5) is 4.39 Å². The number of likely N-dealkylation sites (tertiary alicyclic amines) is 1. The van der Waals surface area contributed by atoms with E-state index in [2.05, 4.69) is 26.0 Å². The molecule has 7 rings (SSSR count). The molecule has 0 aliphatic carbocycles. The Kier molecular flexibility index (Phi) is 9.64. The quantitative estimate of drug-likeness (QED) is 0.302. The minimum absolute atomic E-state index is 0.123. The summed E-state index contributed by atoms with van der Waals surface area (Å²) in [4.78, 5) is 42.5. The summed E-state index contributed by atoms with van der Waals surface area (Å²) >= 11 is 0. The summed E-state index contributed by atoms with van der Waals surface area (Å²) in [5, 5.41) is 18.2. The van der Waals surface area contributed by atoms with E-state index in [0.717, 1.165) is 5.56 Å². The Bertz CT molecular complexity index is 1800. The first-order chi connectivity index (χ1) is 23.3. The second kappa shape index (κ2) is 14.4. The summed E-state index contributed by atoms with van der Waals surface area (Å²) in [5.41, 5.74) is 1.62. The van der Waals surface area contributed by atoms with Gasteiger partial charge in [0.2, 0.25) is 11.7 Å². The molecule has 0 spiro atoms. The standard InChI is InChI=1S/C33H34FN7O7/c1-45-25-12-22-13-26(14-25)47-19-30(42)35-16-21-7-10-24(15-28(21)46-2)48-29-18-40(17-27(29)36-33(22)44)31(43)4-3-11-41-38-32(37-39-41)20-5-8-23(34)9-6-20/h5-10,12-15,27,29H,3-4,11,16-19H2,1-2H3,(H,35,42)(H,36,44)/t27-,29-/m0/s1. The fourth-order valence-corrected chi connectivity index (χ4v) is 5.49. The molecule has 2 atom stereocenters. The van der Waals surface area contributed by atoms with Gasteiger partial charge in [0.05, 0.1) is 33.4 Å². The number of methoxy groups -OCH3 is 2. The molecule has 4 bridgehead atoms. The van der Waals surface area contributed by atoms with E-state index in [-0.39, 0.29) is 61.6 Å². The third-order valence-electron chi connectivity index (χ3n) is 8.01. The Morgan fingerprint density at radius 3 is 2.62 bits per heavy atom. The van der Waals surface area contributed by atoms with Gasteiger partial charge in [0, 0.05) is 48.3 Å². The number of nitrogens with zero attached hydrogens (tertiary/aromatic N) is 5. The lowest BCUT2D eigenvalue weighted by atomic mass is 10.1. The summed E-state index contributed by atoms with van der Waals surface area (Å²) in [7, 11) is 2.99. The van der Waals surface area contributed by atoms with Crippen molar-refractivity contribution in [2.24, 2.45) is 0 Å². The zero-order chi connectivity index (χ0) is 33.6. The topological polar surface area (TPSA) is 159 Å². The van der Waals surface area contributed by atoms with Crippen molar-refractivity contribution in [2.45, 2.75) is 38.1 Å². The number of carbonyl (C=O) groups excluding carboxylic acids is 3. The van der Waals surface area contributed by atoms with Crippen LogP contribution < -0.4 is 29.6 Å². The number of aromatic nitrogens is 4. The lowest BCUT2D eigenvalue weighted by Crippen LogP contribution is -2.45. The van der Waals surface area contributed by atoms with Crippen LogP contribution in [0.25, 0.3) is 11.4 Å². The zero-order valence-electron chi connectivity index (χ0n) is 26.3. The van der Waals surface area contributed by atoms with Crippen molar-refractivity contribution >= 4 is 17.7 Å². The van der Waals surface area contributed by atoms with Gasteiger partial charge in [-0.3, -0.25) is 14.4 Å². The van der Waals surface area contributed by atoms with Crippen LogP contribution in [0.5, 0.6) is 23.0 Å². The molecule has 1 saturated heterocycles. The molecule has 4 heterocycles. The second-order valence-electron chi connectivity index (χ2n) is 11.3. The summed E-state index contributed by atoms with van der Waals surface area (Å²) < 4.78 is 36.2. The lowest BCUT2D eigenvalue weighted by Gasteiger charge is -2.22. The van der Waals surface area contributed by atoms with E-state index in [1.165, 1.54) is 37.2 Å². The van der Waals surface area contributed by atoms with E-state index in [9.17, 15) is 18.8 Å². The molecule has 1 aromatic heterocycles. The summed E-state index contributed by atoms with van der Waals surface area (Å²) in [6.07, 6.45) is 0.0604. The SMILES string of the molecule is COc1cc2cc(c1)C(=O)N[C@H]1CN(C(=O)CCCn3nnc(-c4ccc(F)cc4)n3)C[C@@H]1Oc1ccc(c(OC)c1)CNC(=O)CO2. The minimum atomic E-state index is -0.583. The first kappa shape index (κ1) is 32.2. The van der Waals surface area contributed by atoms with E-state index in [1.54, 1.807) is 47.4 Å². The zero-order valence-corrected chi connectivity index (χ0v) is 26.3. The van der Waals surface area contributed by atoms with Crippen molar-refractivity contribution in [3.05, 3.63) is 77.6 Å². The molecular formula is C33H34FN7O7. The summed E-state index contributed by atoms with van der Waals surface area (Å²) in [5.74, 6) is 0.734. The number of ether oxygens (including phenoxy) is 4. The van der Waals surface area contributed by atoms with Gasteiger partial charge in [0.1, 0.15) is 34.9 Å².